The van der Waals surface area contributed by atoms with Gasteiger partial charge in [0, 0.05) is 5.92 Å². The van der Waals surface area contributed by atoms with Crippen molar-refractivity contribution in [2.24, 2.45) is 0 Å². The van der Waals surface area contributed by atoms with Crippen molar-refractivity contribution in [2.45, 2.75) is 38.1 Å². The maximum Gasteiger partial charge on any atom is 0.348 e. The highest BCUT2D eigenvalue weighted by molar-refractivity contribution is 6.31. The van der Waals surface area contributed by atoms with Gasteiger partial charge in [-0.3, -0.25) is 10.1 Å². The van der Waals surface area contributed by atoms with Gasteiger partial charge in [0.05, 0.1) is 17.1 Å². The molecule has 1 heterocycles. The number of hydrogen-bond acceptors (Lipinski definition) is 6. The van der Waals surface area contributed by atoms with E-state index in [0.717, 1.165) is 12.8 Å². The molecule has 2 rings (SSSR count). The number of hydrogen-bond donors (Lipinski definition) is 2. The van der Waals surface area contributed by atoms with Crippen molar-refractivity contribution in [3.05, 3.63) is 21.1 Å². The van der Waals surface area contributed by atoms with Gasteiger partial charge >= 0.3 is 5.69 Å². The van der Waals surface area contributed by atoms with Crippen LogP contribution < -0.4 is 5.32 Å². The van der Waals surface area contributed by atoms with E-state index in [1.165, 1.54) is 0 Å². The van der Waals surface area contributed by atoms with E-state index in [1.54, 1.807) is 13.8 Å². The van der Waals surface area contributed by atoms with Crippen LogP contribution in [0.5, 0.6) is 0 Å². The molecule has 0 atom stereocenters. The molecule has 1 fully saturated rings. The maximum atomic E-state index is 11.1. The van der Waals surface area contributed by atoms with Crippen LogP contribution >= 0.6 is 11.6 Å². The van der Waals surface area contributed by atoms with Gasteiger partial charge in [0.2, 0.25) is 11.0 Å². The summed E-state index contributed by atoms with van der Waals surface area (Å²) < 4.78 is 0. The largest absolute Gasteiger partial charge is 0.394 e. The summed E-state index contributed by atoms with van der Waals surface area (Å²) in [6.45, 7) is 3.23. The quantitative estimate of drug-likeness (QED) is 0.488. The lowest BCUT2D eigenvalue weighted by Crippen LogP contribution is -2.35. The molecule has 7 nitrogen and oxygen atoms in total. The fourth-order valence-corrected chi connectivity index (χ4v) is 1.82. The average Bonchev–Trinajstić information content (AvgIpc) is 3.10. The van der Waals surface area contributed by atoms with E-state index in [0.29, 0.717) is 5.82 Å². The fourth-order valence-electron chi connectivity index (χ4n) is 1.58. The highest BCUT2D eigenvalue weighted by Crippen LogP contribution is 2.41. The summed E-state index contributed by atoms with van der Waals surface area (Å²) in [7, 11) is 0. The van der Waals surface area contributed by atoms with E-state index in [-0.39, 0.29) is 29.2 Å². The molecule has 2 N–H and O–H groups in total. The summed E-state index contributed by atoms with van der Waals surface area (Å²) in [5, 5.41) is 23.0. The van der Waals surface area contributed by atoms with E-state index < -0.39 is 10.5 Å². The molecule has 8 heteroatoms. The van der Waals surface area contributed by atoms with Crippen LogP contribution in [0.15, 0.2) is 0 Å². The summed E-state index contributed by atoms with van der Waals surface area (Å²) >= 11 is 5.88. The maximum absolute atomic E-state index is 11.1. The number of rotatable bonds is 5. The summed E-state index contributed by atoms with van der Waals surface area (Å²) in [6.07, 6.45) is 1.94. The van der Waals surface area contributed by atoms with E-state index in [2.05, 4.69) is 15.3 Å². The van der Waals surface area contributed by atoms with Gasteiger partial charge in [0.15, 0.2) is 0 Å². The molecular formula is C11H15ClN4O3. The number of aliphatic hydroxyl groups is 1. The van der Waals surface area contributed by atoms with Crippen LogP contribution in [0.2, 0.25) is 5.15 Å². The van der Waals surface area contributed by atoms with Crippen LogP contribution in [-0.2, 0) is 0 Å². The van der Waals surface area contributed by atoms with Gasteiger partial charge in [0.25, 0.3) is 0 Å². The fraction of sp³-hybridized carbons (Fsp3) is 0.636. The van der Waals surface area contributed by atoms with Crippen LogP contribution in [0.1, 0.15) is 38.4 Å². The highest BCUT2D eigenvalue weighted by Gasteiger charge is 2.33. The molecule has 1 aromatic heterocycles. The molecule has 1 aliphatic rings. The molecule has 0 unspecified atom stereocenters. The minimum absolute atomic E-state index is 0.0611. The lowest BCUT2D eigenvalue weighted by molar-refractivity contribution is -0.384. The number of aliphatic hydroxyl groups excluding tert-OH is 1. The van der Waals surface area contributed by atoms with Gasteiger partial charge in [0.1, 0.15) is 5.82 Å². The minimum atomic E-state index is -0.733. The van der Waals surface area contributed by atoms with Gasteiger partial charge < -0.3 is 10.4 Å². The molecule has 1 aliphatic carbocycles. The number of nitrogens with one attached hydrogen (secondary N) is 1. The normalized spacial score (nSPS) is 15.4. The molecule has 104 valence electrons. The van der Waals surface area contributed by atoms with Crippen LogP contribution in [0, 0.1) is 10.1 Å². The van der Waals surface area contributed by atoms with Crippen LogP contribution in [-0.4, -0.2) is 32.1 Å². The standard InChI is InChI=1S/C11H15ClN4O3/c1-11(2,5-17)15-10-7(16(18)19)8(12)13-9(14-10)6-3-4-6/h6,17H,3-5H2,1-2H3,(H,13,14,15). The Labute approximate surface area is 115 Å². The second-order valence-corrected chi connectivity index (χ2v) is 5.63. The van der Waals surface area contributed by atoms with Crippen molar-refractivity contribution in [3.63, 3.8) is 0 Å². The zero-order chi connectivity index (χ0) is 14.2. The Bertz CT molecular complexity index is 517. The molecule has 0 saturated heterocycles. The van der Waals surface area contributed by atoms with E-state index >= 15 is 0 Å². The Balaban J connectivity index is 2.45. The molecule has 0 spiro atoms. The SMILES string of the molecule is CC(C)(CO)Nc1nc(C2CC2)nc(Cl)c1[N+](=O)[O-]. The van der Waals surface area contributed by atoms with Crippen LogP contribution in [0.25, 0.3) is 0 Å². The Morgan fingerprint density at radius 3 is 2.63 bits per heavy atom. The molecule has 1 saturated carbocycles. The van der Waals surface area contributed by atoms with Gasteiger partial charge in [-0.1, -0.05) is 11.6 Å². The molecule has 1 aromatic rings. The van der Waals surface area contributed by atoms with Crippen molar-refractivity contribution in [3.8, 4) is 0 Å². The first-order valence-corrected chi connectivity index (χ1v) is 6.33. The summed E-state index contributed by atoms with van der Waals surface area (Å²) in [5.41, 5.74) is -1.09. The molecule has 0 amide bonds. The number of nitro groups is 1. The third kappa shape index (κ3) is 3.10. The molecule has 0 radical (unpaired) electrons. The Morgan fingerprint density at radius 2 is 2.16 bits per heavy atom. The second kappa shape index (κ2) is 4.90. The molecule has 0 aromatic carbocycles. The van der Waals surface area contributed by atoms with Crippen molar-refractivity contribution < 1.29 is 10.0 Å². The Kier molecular flexibility index (Phi) is 3.60. The second-order valence-electron chi connectivity index (χ2n) is 5.27. The molecule has 0 aliphatic heterocycles. The number of anilines is 1. The van der Waals surface area contributed by atoms with Crippen molar-refractivity contribution in [1.29, 1.82) is 0 Å². The lowest BCUT2D eigenvalue weighted by atomic mass is 10.1. The monoisotopic (exact) mass is 286 g/mol. The first-order valence-electron chi connectivity index (χ1n) is 5.95. The first-order chi connectivity index (χ1) is 8.84. The summed E-state index contributed by atoms with van der Waals surface area (Å²) in [4.78, 5) is 18.6. The van der Waals surface area contributed by atoms with Crippen LogP contribution in [0.3, 0.4) is 0 Å². The Morgan fingerprint density at radius 1 is 1.53 bits per heavy atom. The van der Waals surface area contributed by atoms with E-state index in [9.17, 15) is 15.2 Å². The Hall–Kier alpha value is -1.47. The molecular weight excluding hydrogens is 272 g/mol. The van der Waals surface area contributed by atoms with Crippen LogP contribution in [0.4, 0.5) is 11.5 Å². The molecule has 0 bridgehead atoms. The average molecular weight is 287 g/mol. The predicted molar refractivity (Wildman–Crippen MR) is 70.5 cm³/mol. The van der Waals surface area contributed by atoms with Gasteiger partial charge in [-0.25, -0.2) is 9.97 Å². The topological polar surface area (TPSA) is 101 Å². The van der Waals surface area contributed by atoms with E-state index in [1.807, 2.05) is 0 Å². The van der Waals surface area contributed by atoms with Crippen molar-refractivity contribution in [2.75, 3.05) is 11.9 Å². The summed E-state index contributed by atoms with van der Waals surface area (Å²) in [6, 6.07) is 0. The summed E-state index contributed by atoms with van der Waals surface area (Å²) in [5.74, 6) is 0.814. The number of nitrogens with zero attached hydrogens (tertiary/aromatic N) is 3. The smallest absolute Gasteiger partial charge is 0.348 e. The van der Waals surface area contributed by atoms with Gasteiger partial charge in [-0.2, -0.15) is 0 Å². The third-order valence-corrected chi connectivity index (χ3v) is 3.10. The van der Waals surface area contributed by atoms with Gasteiger partial charge in [-0.15, -0.1) is 0 Å². The highest BCUT2D eigenvalue weighted by atomic mass is 35.5. The van der Waals surface area contributed by atoms with E-state index in [4.69, 9.17) is 11.6 Å². The predicted octanol–water partition coefficient (Wildman–Crippen LogP) is 2.10. The lowest BCUT2D eigenvalue weighted by Gasteiger charge is -2.24. The zero-order valence-corrected chi connectivity index (χ0v) is 11.4. The molecule has 19 heavy (non-hydrogen) atoms. The zero-order valence-electron chi connectivity index (χ0n) is 10.7. The number of halogens is 1. The first kappa shape index (κ1) is 14.0. The van der Waals surface area contributed by atoms with Crippen molar-refractivity contribution >= 4 is 23.1 Å². The van der Waals surface area contributed by atoms with Gasteiger partial charge in [-0.05, 0) is 26.7 Å². The third-order valence-electron chi connectivity index (χ3n) is 2.84. The number of aromatic nitrogens is 2. The van der Waals surface area contributed by atoms with Crippen molar-refractivity contribution in [1.82, 2.24) is 9.97 Å². The minimum Gasteiger partial charge on any atom is -0.394 e.